The van der Waals surface area contributed by atoms with E-state index >= 15 is 0 Å². The Morgan fingerprint density at radius 1 is 1.47 bits per heavy atom. The van der Waals surface area contributed by atoms with Crippen LogP contribution in [0.2, 0.25) is 0 Å². The van der Waals surface area contributed by atoms with Crippen molar-refractivity contribution < 1.29 is 9.18 Å². The Labute approximate surface area is 108 Å². The molecule has 0 aliphatic heterocycles. The quantitative estimate of drug-likeness (QED) is 0.878. The number of anilines is 1. The third-order valence-corrected chi connectivity index (χ3v) is 3.22. The van der Waals surface area contributed by atoms with Crippen LogP contribution < -0.4 is 10.6 Å². The first kappa shape index (κ1) is 12.4. The molecule has 0 spiro atoms. The largest absolute Gasteiger partial charge is 0.381 e. The van der Waals surface area contributed by atoms with E-state index < -0.39 is 0 Å². The van der Waals surface area contributed by atoms with E-state index in [0.29, 0.717) is 29.2 Å². The summed E-state index contributed by atoms with van der Waals surface area (Å²) in [6.07, 6.45) is 2.52. The normalized spacial score (nSPS) is 14.5. The van der Waals surface area contributed by atoms with Crippen molar-refractivity contribution in [3.05, 3.63) is 28.5 Å². The smallest absolute Gasteiger partial charge is 0.221 e. The van der Waals surface area contributed by atoms with E-state index in [-0.39, 0.29) is 11.7 Å². The van der Waals surface area contributed by atoms with Gasteiger partial charge in [0.25, 0.3) is 0 Å². The Morgan fingerprint density at radius 3 is 2.88 bits per heavy atom. The van der Waals surface area contributed by atoms with Crippen molar-refractivity contribution in [3.63, 3.8) is 0 Å². The Bertz CT molecular complexity index is 401. The molecule has 0 unspecified atom stereocenters. The number of hydrogen-bond donors (Lipinski definition) is 2. The molecule has 1 aliphatic rings. The van der Waals surface area contributed by atoms with E-state index in [4.69, 9.17) is 0 Å². The number of amides is 1. The van der Waals surface area contributed by atoms with Crippen LogP contribution in [0, 0.1) is 5.82 Å². The summed E-state index contributed by atoms with van der Waals surface area (Å²) < 4.78 is 14.1. The summed E-state index contributed by atoms with van der Waals surface area (Å²) in [7, 11) is 0. The highest BCUT2D eigenvalue weighted by molar-refractivity contribution is 9.10. The molecule has 1 aliphatic carbocycles. The third-order valence-electron chi connectivity index (χ3n) is 2.56. The second kappa shape index (κ2) is 5.49. The molecule has 0 radical (unpaired) electrons. The van der Waals surface area contributed by atoms with Gasteiger partial charge in [0.05, 0.1) is 5.69 Å². The minimum atomic E-state index is -0.318. The van der Waals surface area contributed by atoms with Gasteiger partial charge in [-0.1, -0.05) is 6.07 Å². The minimum Gasteiger partial charge on any atom is -0.381 e. The van der Waals surface area contributed by atoms with Gasteiger partial charge in [0, 0.05) is 23.5 Å². The van der Waals surface area contributed by atoms with Crippen LogP contribution in [0.1, 0.15) is 19.3 Å². The lowest BCUT2D eigenvalue weighted by atomic mass is 10.3. The summed E-state index contributed by atoms with van der Waals surface area (Å²) in [5.41, 5.74) is 0.409. The van der Waals surface area contributed by atoms with Gasteiger partial charge in [-0.25, -0.2) is 4.39 Å². The van der Waals surface area contributed by atoms with Crippen LogP contribution in [0.15, 0.2) is 22.7 Å². The standard InChI is InChI=1S/C12H14BrFN2O/c13-9-2-1-3-10(14)12(9)15-7-6-11(17)16-8-4-5-8/h1-3,8,15H,4-7H2,(H,16,17). The number of nitrogens with one attached hydrogen (secondary N) is 2. The number of benzene rings is 1. The highest BCUT2D eigenvalue weighted by Gasteiger charge is 2.22. The van der Waals surface area contributed by atoms with Crippen LogP contribution in [0.4, 0.5) is 10.1 Å². The first-order valence-electron chi connectivity index (χ1n) is 5.64. The number of carbonyl (C=O) groups is 1. The van der Waals surface area contributed by atoms with Gasteiger partial charge in [-0.2, -0.15) is 0 Å². The minimum absolute atomic E-state index is 0.0208. The van der Waals surface area contributed by atoms with Crippen molar-refractivity contribution in [2.75, 3.05) is 11.9 Å². The first-order valence-corrected chi connectivity index (χ1v) is 6.43. The number of rotatable bonds is 5. The van der Waals surface area contributed by atoms with Crippen molar-refractivity contribution >= 4 is 27.5 Å². The summed E-state index contributed by atoms with van der Waals surface area (Å²) in [5, 5.41) is 5.81. The van der Waals surface area contributed by atoms with Crippen molar-refractivity contribution in [1.82, 2.24) is 5.32 Å². The zero-order valence-electron chi connectivity index (χ0n) is 9.30. The summed E-state index contributed by atoms with van der Waals surface area (Å²) in [4.78, 5) is 11.4. The fourth-order valence-electron chi connectivity index (χ4n) is 1.50. The van der Waals surface area contributed by atoms with Gasteiger partial charge in [-0.15, -0.1) is 0 Å². The van der Waals surface area contributed by atoms with E-state index in [2.05, 4.69) is 26.6 Å². The second-order valence-electron chi connectivity index (χ2n) is 4.12. The molecule has 0 heterocycles. The lowest BCUT2D eigenvalue weighted by Gasteiger charge is -2.09. The molecule has 5 heteroatoms. The molecule has 17 heavy (non-hydrogen) atoms. The average Bonchev–Trinajstić information content (AvgIpc) is 3.06. The topological polar surface area (TPSA) is 41.1 Å². The maximum Gasteiger partial charge on any atom is 0.221 e. The maximum absolute atomic E-state index is 13.4. The Kier molecular flexibility index (Phi) is 3.99. The molecule has 1 aromatic rings. The molecule has 92 valence electrons. The molecule has 0 aromatic heterocycles. The van der Waals surface area contributed by atoms with Crippen LogP contribution in [-0.2, 0) is 4.79 Å². The monoisotopic (exact) mass is 300 g/mol. The van der Waals surface area contributed by atoms with E-state index in [1.165, 1.54) is 6.07 Å². The summed E-state index contributed by atoms with van der Waals surface area (Å²) in [6.45, 7) is 0.429. The summed E-state index contributed by atoms with van der Waals surface area (Å²) >= 11 is 3.26. The van der Waals surface area contributed by atoms with Crippen LogP contribution in [0.5, 0.6) is 0 Å². The second-order valence-corrected chi connectivity index (χ2v) is 4.97. The lowest BCUT2D eigenvalue weighted by Crippen LogP contribution is -2.27. The lowest BCUT2D eigenvalue weighted by molar-refractivity contribution is -0.120. The predicted molar refractivity (Wildman–Crippen MR) is 68.4 cm³/mol. The van der Waals surface area contributed by atoms with Gasteiger partial charge in [0.1, 0.15) is 5.82 Å². The molecule has 0 saturated heterocycles. The number of halogens is 2. The van der Waals surface area contributed by atoms with E-state index in [0.717, 1.165) is 12.8 Å². The molecular weight excluding hydrogens is 287 g/mol. The number of carbonyl (C=O) groups excluding carboxylic acids is 1. The molecule has 0 bridgehead atoms. The number of hydrogen-bond acceptors (Lipinski definition) is 2. The maximum atomic E-state index is 13.4. The van der Waals surface area contributed by atoms with Crippen LogP contribution in [0.25, 0.3) is 0 Å². The van der Waals surface area contributed by atoms with Crippen LogP contribution in [-0.4, -0.2) is 18.5 Å². The summed E-state index contributed by atoms with van der Waals surface area (Å²) in [5.74, 6) is -0.297. The van der Waals surface area contributed by atoms with E-state index in [9.17, 15) is 9.18 Å². The van der Waals surface area contributed by atoms with Crippen molar-refractivity contribution in [1.29, 1.82) is 0 Å². The fourth-order valence-corrected chi connectivity index (χ4v) is 1.98. The third kappa shape index (κ3) is 3.70. The highest BCUT2D eigenvalue weighted by Crippen LogP contribution is 2.25. The van der Waals surface area contributed by atoms with Gasteiger partial charge in [-0.05, 0) is 40.9 Å². The molecule has 1 saturated carbocycles. The molecule has 0 atom stereocenters. The molecule has 3 nitrogen and oxygen atoms in total. The van der Waals surface area contributed by atoms with Crippen molar-refractivity contribution in [2.45, 2.75) is 25.3 Å². The zero-order chi connectivity index (χ0) is 12.3. The Hall–Kier alpha value is -1.10. The van der Waals surface area contributed by atoms with Crippen molar-refractivity contribution in [3.8, 4) is 0 Å². The molecule has 1 amide bonds. The zero-order valence-corrected chi connectivity index (χ0v) is 10.9. The SMILES string of the molecule is O=C(CCNc1c(F)cccc1Br)NC1CC1. The number of para-hydroxylation sites is 1. The average molecular weight is 301 g/mol. The Morgan fingerprint density at radius 2 is 2.24 bits per heavy atom. The van der Waals surface area contributed by atoms with E-state index in [1.54, 1.807) is 12.1 Å². The molecule has 2 N–H and O–H groups in total. The molecule has 1 aromatic carbocycles. The van der Waals surface area contributed by atoms with E-state index in [1.807, 2.05) is 0 Å². The Balaban J connectivity index is 1.79. The summed E-state index contributed by atoms with van der Waals surface area (Å²) in [6, 6.07) is 5.15. The molecule has 1 fully saturated rings. The predicted octanol–water partition coefficient (Wildman–Crippen LogP) is 2.67. The van der Waals surface area contributed by atoms with Gasteiger partial charge in [0.15, 0.2) is 0 Å². The molecule has 2 rings (SSSR count). The van der Waals surface area contributed by atoms with Gasteiger partial charge in [-0.3, -0.25) is 4.79 Å². The van der Waals surface area contributed by atoms with Crippen LogP contribution in [0.3, 0.4) is 0 Å². The van der Waals surface area contributed by atoms with Gasteiger partial charge >= 0.3 is 0 Å². The first-order chi connectivity index (χ1) is 8.16. The van der Waals surface area contributed by atoms with Gasteiger partial charge < -0.3 is 10.6 Å². The molecular formula is C12H14BrFN2O. The fraction of sp³-hybridized carbons (Fsp3) is 0.417. The van der Waals surface area contributed by atoms with Gasteiger partial charge in [0.2, 0.25) is 5.91 Å². The highest BCUT2D eigenvalue weighted by atomic mass is 79.9. The van der Waals surface area contributed by atoms with Crippen LogP contribution >= 0.6 is 15.9 Å². The van der Waals surface area contributed by atoms with Crippen molar-refractivity contribution in [2.24, 2.45) is 0 Å².